The van der Waals surface area contributed by atoms with Crippen LogP contribution >= 0.6 is 11.8 Å². The van der Waals surface area contributed by atoms with Crippen molar-refractivity contribution in [2.45, 2.75) is 37.5 Å². The van der Waals surface area contributed by atoms with Gasteiger partial charge >= 0.3 is 0 Å². The van der Waals surface area contributed by atoms with E-state index in [9.17, 15) is 14.4 Å². The summed E-state index contributed by atoms with van der Waals surface area (Å²) in [5, 5.41) is 2.51. The van der Waals surface area contributed by atoms with Gasteiger partial charge in [-0.05, 0) is 34.9 Å². The van der Waals surface area contributed by atoms with Crippen molar-refractivity contribution < 1.29 is 14.4 Å². The molecule has 3 N–H and O–H groups in total. The second kappa shape index (κ2) is 8.86. The molecule has 0 spiro atoms. The molecule has 0 heterocycles. The van der Waals surface area contributed by atoms with Crippen LogP contribution in [0.1, 0.15) is 53.5 Å². The molecule has 0 aliphatic carbocycles. The van der Waals surface area contributed by atoms with Gasteiger partial charge in [-0.2, -0.15) is 0 Å². The molecule has 0 aliphatic rings. The van der Waals surface area contributed by atoms with Crippen LogP contribution in [-0.4, -0.2) is 23.5 Å². The number of carbonyl (C=O) groups excluding carboxylic acids is 3. The zero-order valence-corrected chi connectivity index (χ0v) is 16.6. The van der Waals surface area contributed by atoms with Crippen molar-refractivity contribution in [2.24, 2.45) is 5.73 Å². The lowest BCUT2D eigenvalue weighted by Gasteiger charge is -2.19. The van der Waals surface area contributed by atoms with Crippen molar-refractivity contribution in [3.8, 4) is 0 Å². The monoisotopic (exact) mass is 384 g/mol. The van der Waals surface area contributed by atoms with Crippen LogP contribution in [0.3, 0.4) is 0 Å². The number of hydrogen-bond acceptors (Lipinski definition) is 4. The first-order valence-corrected chi connectivity index (χ1v) is 9.48. The van der Waals surface area contributed by atoms with Gasteiger partial charge in [0.05, 0.1) is 5.56 Å². The molecule has 0 fully saturated rings. The number of primary amides is 1. The summed E-state index contributed by atoms with van der Waals surface area (Å²) in [6, 6.07) is 14.4. The van der Waals surface area contributed by atoms with Crippen LogP contribution in [0, 0.1) is 0 Å². The summed E-state index contributed by atoms with van der Waals surface area (Å²) >= 11 is 1.01. The Balaban J connectivity index is 2.12. The Morgan fingerprint density at radius 1 is 1.00 bits per heavy atom. The Morgan fingerprint density at radius 2 is 1.63 bits per heavy atom. The molecule has 2 aromatic carbocycles. The molecule has 2 amide bonds. The van der Waals surface area contributed by atoms with Crippen molar-refractivity contribution in [2.75, 3.05) is 6.54 Å². The van der Waals surface area contributed by atoms with Crippen LogP contribution in [0.2, 0.25) is 0 Å². The SMILES string of the molecule is CC(C)(C)c1ccc(C(=O)Sc2ccccc2C(=O)NCCC(N)=O)cc1. The molecule has 0 atom stereocenters. The van der Waals surface area contributed by atoms with Gasteiger partial charge in [0, 0.05) is 23.4 Å². The summed E-state index contributed by atoms with van der Waals surface area (Å²) in [5.41, 5.74) is 7.22. The van der Waals surface area contributed by atoms with E-state index in [2.05, 4.69) is 26.1 Å². The van der Waals surface area contributed by atoms with Crippen molar-refractivity contribution >= 4 is 28.7 Å². The molecule has 0 saturated heterocycles. The fourth-order valence-corrected chi connectivity index (χ4v) is 3.27. The fourth-order valence-electron chi connectivity index (χ4n) is 2.40. The van der Waals surface area contributed by atoms with Crippen molar-refractivity contribution in [3.05, 3.63) is 65.2 Å². The van der Waals surface area contributed by atoms with Gasteiger partial charge in [0.25, 0.3) is 5.91 Å². The maximum atomic E-state index is 12.6. The van der Waals surface area contributed by atoms with E-state index in [1.54, 1.807) is 24.3 Å². The highest BCUT2D eigenvalue weighted by Crippen LogP contribution is 2.28. The molecule has 6 heteroatoms. The van der Waals surface area contributed by atoms with Gasteiger partial charge in [-0.3, -0.25) is 14.4 Å². The summed E-state index contributed by atoms with van der Waals surface area (Å²) in [7, 11) is 0. The summed E-state index contributed by atoms with van der Waals surface area (Å²) in [5.74, 6) is -0.818. The number of hydrogen-bond donors (Lipinski definition) is 2. The molecule has 0 bridgehead atoms. The number of amides is 2. The van der Waals surface area contributed by atoms with E-state index in [1.165, 1.54) is 0 Å². The Morgan fingerprint density at radius 3 is 2.22 bits per heavy atom. The largest absolute Gasteiger partial charge is 0.370 e. The highest BCUT2D eigenvalue weighted by atomic mass is 32.2. The molecular weight excluding hydrogens is 360 g/mol. The molecule has 27 heavy (non-hydrogen) atoms. The molecular formula is C21H24N2O3S. The van der Waals surface area contributed by atoms with E-state index >= 15 is 0 Å². The van der Waals surface area contributed by atoms with Gasteiger partial charge in [0.1, 0.15) is 0 Å². The molecule has 0 radical (unpaired) electrons. The molecule has 0 aliphatic heterocycles. The van der Waals surface area contributed by atoms with E-state index in [0.717, 1.165) is 17.3 Å². The number of nitrogens with one attached hydrogen (secondary N) is 1. The van der Waals surface area contributed by atoms with Crippen LogP contribution < -0.4 is 11.1 Å². The van der Waals surface area contributed by atoms with Gasteiger partial charge in [0.2, 0.25) is 11.0 Å². The van der Waals surface area contributed by atoms with Gasteiger partial charge < -0.3 is 11.1 Å². The van der Waals surface area contributed by atoms with Crippen molar-refractivity contribution in [1.29, 1.82) is 0 Å². The molecule has 2 rings (SSSR count). The topological polar surface area (TPSA) is 89.3 Å². The third-order valence-electron chi connectivity index (χ3n) is 3.98. The minimum Gasteiger partial charge on any atom is -0.370 e. The summed E-state index contributed by atoms with van der Waals surface area (Å²) < 4.78 is 0. The summed E-state index contributed by atoms with van der Waals surface area (Å²) in [6.07, 6.45) is 0.0695. The zero-order valence-electron chi connectivity index (χ0n) is 15.7. The van der Waals surface area contributed by atoms with Gasteiger partial charge in [-0.1, -0.05) is 57.2 Å². The smallest absolute Gasteiger partial charge is 0.252 e. The van der Waals surface area contributed by atoms with Crippen LogP contribution in [0.4, 0.5) is 0 Å². The van der Waals surface area contributed by atoms with Gasteiger partial charge in [0.15, 0.2) is 0 Å². The van der Waals surface area contributed by atoms with Gasteiger partial charge in [-0.15, -0.1) is 0 Å². The number of rotatable bonds is 6. The lowest BCUT2D eigenvalue weighted by Crippen LogP contribution is -2.28. The average molecular weight is 385 g/mol. The standard InChI is InChI=1S/C21H24N2O3S/c1-21(2,3)15-10-8-14(9-11-15)20(26)27-17-7-5-4-6-16(17)19(25)23-13-12-18(22)24/h4-11H,12-13H2,1-3H3,(H2,22,24)(H,23,25). The minimum atomic E-state index is -0.480. The van der Waals surface area contributed by atoms with E-state index < -0.39 is 5.91 Å². The van der Waals surface area contributed by atoms with Gasteiger partial charge in [-0.25, -0.2) is 0 Å². The number of thioether (sulfide) groups is 1. The number of nitrogens with two attached hydrogens (primary N) is 1. The first-order chi connectivity index (χ1) is 12.7. The molecule has 5 nitrogen and oxygen atoms in total. The third kappa shape index (κ3) is 5.96. The second-order valence-corrected chi connectivity index (χ2v) is 8.20. The number of carbonyl (C=O) groups is 3. The second-order valence-electron chi connectivity index (χ2n) is 7.19. The fraction of sp³-hybridized carbons (Fsp3) is 0.286. The number of benzene rings is 2. The van der Waals surface area contributed by atoms with Crippen LogP contribution in [0.15, 0.2) is 53.4 Å². The Labute approximate surface area is 163 Å². The van der Waals surface area contributed by atoms with Crippen LogP contribution in [0.25, 0.3) is 0 Å². The predicted octanol–water partition coefficient (Wildman–Crippen LogP) is 3.52. The maximum Gasteiger partial charge on any atom is 0.252 e. The first kappa shape index (κ1) is 20.7. The lowest BCUT2D eigenvalue weighted by molar-refractivity contribution is -0.117. The molecule has 0 aromatic heterocycles. The molecule has 0 saturated carbocycles. The highest BCUT2D eigenvalue weighted by molar-refractivity contribution is 8.14. The average Bonchev–Trinajstić information content (AvgIpc) is 2.61. The third-order valence-corrected chi connectivity index (χ3v) is 4.97. The van der Waals surface area contributed by atoms with E-state index in [-0.39, 0.29) is 29.4 Å². The Bertz CT molecular complexity index is 839. The Hall–Kier alpha value is -2.60. The molecule has 142 valence electrons. The molecule has 2 aromatic rings. The van der Waals surface area contributed by atoms with E-state index in [1.807, 2.05) is 24.3 Å². The van der Waals surface area contributed by atoms with Crippen LogP contribution in [0.5, 0.6) is 0 Å². The normalized spacial score (nSPS) is 11.1. The summed E-state index contributed by atoms with van der Waals surface area (Å²) in [4.78, 5) is 36.3. The van der Waals surface area contributed by atoms with E-state index in [4.69, 9.17) is 5.73 Å². The first-order valence-electron chi connectivity index (χ1n) is 8.67. The predicted molar refractivity (Wildman–Crippen MR) is 108 cm³/mol. The van der Waals surface area contributed by atoms with Crippen molar-refractivity contribution in [3.63, 3.8) is 0 Å². The minimum absolute atomic E-state index is 0.0182. The maximum absolute atomic E-state index is 12.6. The lowest BCUT2D eigenvalue weighted by atomic mass is 9.87. The van der Waals surface area contributed by atoms with Crippen molar-refractivity contribution in [1.82, 2.24) is 5.32 Å². The zero-order chi connectivity index (χ0) is 20.0. The van der Waals surface area contributed by atoms with E-state index in [0.29, 0.717) is 16.0 Å². The molecule has 0 unspecified atom stereocenters. The quantitative estimate of drug-likeness (QED) is 0.746. The summed E-state index contributed by atoms with van der Waals surface area (Å²) in [6.45, 7) is 6.51. The Kier molecular flexibility index (Phi) is 6.80. The highest BCUT2D eigenvalue weighted by Gasteiger charge is 2.17. The van der Waals surface area contributed by atoms with Crippen LogP contribution in [-0.2, 0) is 10.2 Å².